The average molecular weight is 421 g/mol. The van der Waals surface area contributed by atoms with Crippen LogP contribution in [-0.2, 0) is 6.54 Å². The Morgan fingerprint density at radius 3 is 2.90 bits per heavy atom. The zero-order chi connectivity index (χ0) is 21.6. The first kappa shape index (κ1) is 19.9. The molecule has 2 aliphatic rings. The van der Waals surface area contributed by atoms with Gasteiger partial charge in [-0.25, -0.2) is 0 Å². The highest BCUT2D eigenvalue weighted by Crippen LogP contribution is 2.48. The molecule has 2 atom stereocenters. The van der Waals surface area contributed by atoms with Gasteiger partial charge in [-0.15, -0.1) is 0 Å². The van der Waals surface area contributed by atoms with Gasteiger partial charge in [0, 0.05) is 43.4 Å². The molecule has 0 bridgehead atoms. The second kappa shape index (κ2) is 7.60. The number of aromatic nitrogens is 4. The Balaban J connectivity index is 1.45. The van der Waals surface area contributed by atoms with Crippen LogP contribution in [0.1, 0.15) is 41.1 Å². The molecule has 162 valence electrons. The van der Waals surface area contributed by atoms with Crippen LogP contribution in [0.4, 0.5) is 0 Å². The fourth-order valence-electron chi connectivity index (χ4n) is 5.09. The highest BCUT2D eigenvalue weighted by Gasteiger charge is 2.53. The van der Waals surface area contributed by atoms with E-state index in [1.54, 1.807) is 10.9 Å². The van der Waals surface area contributed by atoms with E-state index in [2.05, 4.69) is 41.3 Å². The predicted molar refractivity (Wildman–Crippen MR) is 116 cm³/mol. The summed E-state index contributed by atoms with van der Waals surface area (Å²) in [4.78, 5) is 22.3. The molecule has 2 aliphatic heterocycles. The summed E-state index contributed by atoms with van der Waals surface area (Å²) in [6.07, 6.45) is 4.50. The van der Waals surface area contributed by atoms with E-state index in [0.717, 1.165) is 37.2 Å². The van der Waals surface area contributed by atoms with E-state index < -0.39 is 0 Å². The van der Waals surface area contributed by atoms with Crippen LogP contribution in [0.3, 0.4) is 0 Å². The van der Waals surface area contributed by atoms with Crippen molar-refractivity contribution in [3.8, 4) is 11.4 Å². The fourth-order valence-corrected chi connectivity index (χ4v) is 5.09. The van der Waals surface area contributed by atoms with Gasteiger partial charge in [-0.3, -0.25) is 9.48 Å². The molecule has 0 aliphatic carbocycles. The maximum atomic E-state index is 13.2. The van der Waals surface area contributed by atoms with Crippen molar-refractivity contribution in [3.05, 3.63) is 53.7 Å². The number of hydrogen-bond acceptors (Lipinski definition) is 6. The van der Waals surface area contributed by atoms with Gasteiger partial charge in [0.15, 0.2) is 0 Å². The van der Waals surface area contributed by atoms with Gasteiger partial charge in [0.2, 0.25) is 11.7 Å². The van der Waals surface area contributed by atoms with Crippen molar-refractivity contribution in [3.63, 3.8) is 0 Å². The molecule has 4 heterocycles. The van der Waals surface area contributed by atoms with Crippen molar-refractivity contribution in [2.45, 2.75) is 32.7 Å². The summed E-state index contributed by atoms with van der Waals surface area (Å²) >= 11 is 0. The van der Waals surface area contributed by atoms with Gasteiger partial charge in [0.05, 0.1) is 17.7 Å². The molecule has 0 saturated carbocycles. The first-order valence-electron chi connectivity index (χ1n) is 10.9. The van der Waals surface area contributed by atoms with Crippen LogP contribution in [0.2, 0.25) is 0 Å². The molecular weight excluding hydrogens is 392 g/mol. The van der Waals surface area contributed by atoms with E-state index in [-0.39, 0.29) is 17.2 Å². The van der Waals surface area contributed by atoms with Crippen LogP contribution >= 0.6 is 0 Å². The normalized spacial score (nSPS) is 23.8. The highest BCUT2D eigenvalue weighted by atomic mass is 16.5. The monoisotopic (exact) mass is 420 g/mol. The smallest absolute Gasteiger partial charge is 0.257 e. The minimum absolute atomic E-state index is 0.0219. The SMILES string of the molecule is CCn1cc(C(=O)N2C[C@@H](c3nc(-c4cccc(C)c4)no3)[C@]3(CCN(C)C3)C2)cn1. The van der Waals surface area contributed by atoms with Crippen LogP contribution in [-0.4, -0.2) is 68.9 Å². The molecule has 1 amide bonds. The van der Waals surface area contributed by atoms with E-state index in [1.807, 2.05) is 30.2 Å². The first-order chi connectivity index (χ1) is 15.0. The lowest BCUT2D eigenvalue weighted by atomic mass is 9.77. The minimum atomic E-state index is -0.0679. The van der Waals surface area contributed by atoms with E-state index in [1.165, 1.54) is 0 Å². The van der Waals surface area contributed by atoms with E-state index in [9.17, 15) is 4.79 Å². The Hall–Kier alpha value is -3.00. The van der Waals surface area contributed by atoms with Gasteiger partial charge in [-0.2, -0.15) is 10.1 Å². The zero-order valence-electron chi connectivity index (χ0n) is 18.3. The molecule has 31 heavy (non-hydrogen) atoms. The van der Waals surface area contributed by atoms with Crippen LogP contribution in [0, 0.1) is 12.3 Å². The first-order valence-corrected chi connectivity index (χ1v) is 10.9. The lowest BCUT2D eigenvalue weighted by Crippen LogP contribution is -2.34. The van der Waals surface area contributed by atoms with Crippen molar-refractivity contribution in [2.24, 2.45) is 5.41 Å². The Labute approximate surface area is 181 Å². The number of carbonyl (C=O) groups is 1. The molecule has 2 aromatic heterocycles. The van der Waals surface area contributed by atoms with Crippen molar-refractivity contribution in [2.75, 3.05) is 33.2 Å². The van der Waals surface area contributed by atoms with E-state index in [4.69, 9.17) is 9.51 Å². The predicted octanol–water partition coefficient (Wildman–Crippen LogP) is 2.82. The highest BCUT2D eigenvalue weighted by molar-refractivity contribution is 5.94. The van der Waals surface area contributed by atoms with Gasteiger partial charge < -0.3 is 14.3 Å². The minimum Gasteiger partial charge on any atom is -0.339 e. The van der Waals surface area contributed by atoms with Crippen LogP contribution < -0.4 is 0 Å². The van der Waals surface area contributed by atoms with Crippen molar-refractivity contribution in [1.29, 1.82) is 0 Å². The number of likely N-dealkylation sites (tertiary alicyclic amines) is 2. The topological polar surface area (TPSA) is 80.3 Å². The van der Waals surface area contributed by atoms with E-state index >= 15 is 0 Å². The number of amides is 1. The third-order valence-corrected chi connectivity index (χ3v) is 6.73. The van der Waals surface area contributed by atoms with Gasteiger partial charge in [0.1, 0.15) is 0 Å². The lowest BCUT2D eigenvalue weighted by Gasteiger charge is -2.27. The summed E-state index contributed by atoms with van der Waals surface area (Å²) < 4.78 is 7.57. The van der Waals surface area contributed by atoms with E-state index in [0.29, 0.717) is 30.4 Å². The standard InChI is InChI=1S/C23H28N6O2/c1-4-29-12-18(11-24-29)22(30)28-13-19(23(15-28)8-9-27(3)14-23)21-25-20(26-31-21)17-7-5-6-16(2)10-17/h5-7,10-12,19H,4,8-9,13-15H2,1-3H3/t19-,23-/m0/s1. The Morgan fingerprint density at radius 1 is 1.32 bits per heavy atom. The second-order valence-electron chi connectivity index (χ2n) is 9.00. The molecule has 1 spiro atoms. The molecule has 2 saturated heterocycles. The number of benzene rings is 1. The van der Waals surface area contributed by atoms with Gasteiger partial charge in [0.25, 0.3) is 5.91 Å². The molecule has 8 nitrogen and oxygen atoms in total. The number of nitrogens with zero attached hydrogens (tertiary/aromatic N) is 6. The van der Waals surface area contributed by atoms with Crippen molar-refractivity contribution < 1.29 is 9.32 Å². The van der Waals surface area contributed by atoms with Gasteiger partial charge in [-0.1, -0.05) is 28.9 Å². The molecule has 8 heteroatoms. The van der Waals surface area contributed by atoms with Crippen molar-refractivity contribution >= 4 is 5.91 Å². The maximum absolute atomic E-state index is 13.2. The molecular formula is C23H28N6O2. The fraction of sp³-hybridized carbons (Fsp3) is 0.478. The summed E-state index contributed by atoms with van der Waals surface area (Å²) in [5.74, 6) is 1.28. The van der Waals surface area contributed by atoms with Crippen LogP contribution in [0.5, 0.6) is 0 Å². The Bertz CT molecular complexity index is 1100. The molecule has 0 N–H and O–H groups in total. The Morgan fingerprint density at radius 2 is 2.19 bits per heavy atom. The van der Waals surface area contributed by atoms with Gasteiger partial charge >= 0.3 is 0 Å². The van der Waals surface area contributed by atoms with Crippen LogP contribution in [0.25, 0.3) is 11.4 Å². The van der Waals surface area contributed by atoms with Crippen molar-refractivity contribution in [1.82, 2.24) is 29.7 Å². The molecule has 1 aromatic carbocycles. The largest absolute Gasteiger partial charge is 0.339 e. The Kier molecular flexibility index (Phi) is 4.89. The molecule has 0 unspecified atom stereocenters. The quantitative estimate of drug-likeness (QED) is 0.646. The molecule has 3 aromatic rings. The maximum Gasteiger partial charge on any atom is 0.257 e. The number of aryl methyl sites for hydroxylation is 2. The number of carbonyl (C=O) groups excluding carboxylic acids is 1. The lowest BCUT2D eigenvalue weighted by molar-refractivity contribution is 0.0773. The number of hydrogen-bond donors (Lipinski definition) is 0. The van der Waals surface area contributed by atoms with Crippen LogP contribution in [0.15, 0.2) is 41.2 Å². The third kappa shape index (κ3) is 3.54. The van der Waals surface area contributed by atoms with Gasteiger partial charge in [-0.05, 0) is 39.9 Å². The zero-order valence-corrected chi connectivity index (χ0v) is 18.3. The summed E-state index contributed by atoms with van der Waals surface area (Å²) in [7, 11) is 2.13. The molecule has 2 fully saturated rings. The third-order valence-electron chi connectivity index (χ3n) is 6.73. The summed E-state index contributed by atoms with van der Waals surface area (Å²) in [5, 5.41) is 8.54. The average Bonchev–Trinajstić information content (AvgIpc) is 3.55. The molecule has 5 rings (SSSR count). The summed E-state index contributed by atoms with van der Waals surface area (Å²) in [6.45, 7) is 8.00. The number of rotatable bonds is 4. The molecule has 0 radical (unpaired) electrons. The summed E-state index contributed by atoms with van der Waals surface area (Å²) in [5.41, 5.74) is 2.67. The second-order valence-corrected chi connectivity index (χ2v) is 9.00. The summed E-state index contributed by atoms with van der Waals surface area (Å²) in [6, 6.07) is 8.11.